The zero-order valence-electron chi connectivity index (χ0n) is 18.2. The Labute approximate surface area is 189 Å². The topological polar surface area (TPSA) is 51.6 Å². The van der Waals surface area contributed by atoms with E-state index in [1.807, 2.05) is 12.1 Å². The Hall–Kier alpha value is -2.28. The van der Waals surface area contributed by atoms with Crippen molar-refractivity contribution in [2.24, 2.45) is 11.3 Å². The summed E-state index contributed by atoms with van der Waals surface area (Å²) in [7, 11) is 5.92. The molecule has 3 unspecified atom stereocenters. The second-order valence-electron chi connectivity index (χ2n) is 8.86. The van der Waals surface area contributed by atoms with Crippen molar-refractivity contribution in [2.75, 3.05) is 6.16 Å². The second kappa shape index (κ2) is 8.69. The fourth-order valence-corrected chi connectivity index (χ4v) is 5.45. The zero-order valence-corrected chi connectivity index (χ0v) is 20.5. The summed E-state index contributed by atoms with van der Waals surface area (Å²) in [4.78, 5) is 18.7. The summed E-state index contributed by atoms with van der Waals surface area (Å²) < 4.78 is 0. The van der Waals surface area contributed by atoms with Gasteiger partial charge in [-0.1, -0.05) is 57.2 Å². The number of hydrogen-bond acceptors (Lipinski definition) is 4. The molecule has 3 aromatic rings. The highest BCUT2D eigenvalue weighted by atomic mass is 31.0. The molecule has 1 aliphatic rings. The minimum absolute atomic E-state index is 0.0377. The van der Waals surface area contributed by atoms with Gasteiger partial charge in [0.05, 0.1) is 0 Å². The number of nitrogens with zero attached hydrogens (tertiary/aromatic N) is 4. The van der Waals surface area contributed by atoms with Gasteiger partial charge >= 0.3 is 0 Å². The van der Waals surface area contributed by atoms with E-state index in [0.29, 0.717) is 11.6 Å². The van der Waals surface area contributed by atoms with Crippen molar-refractivity contribution in [3.8, 4) is 0 Å². The van der Waals surface area contributed by atoms with Crippen molar-refractivity contribution in [3.63, 3.8) is 0 Å². The monoisotopic (exact) mass is 446 g/mol. The molecule has 6 heteroatoms. The highest BCUT2D eigenvalue weighted by Gasteiger charge is 2.49. The fourth-order valence-electron chi connectivity index (χ4n) is 4.47. The van der Waals surface area contributed by atoms with Gasteiger partial charge in [0.1, 0.15) is 16.8 Å². The van der Waals surface area contributed by atoms with E-state index in [-0.39, 0.29) is 11.3 Å². The normalized spacial score (nSPS) is 17.1. The van der Waals surface area contributed by atoms with Crippen molar-refractivity contribution in [2.45, 2.75) is 25.9 Å². The first kappa shape index (κ1) is 21.9. The van der Waals surface area contributed by atoms with Gasteiger partial charge in [0.25, 0.3) is 0 Å². The van der Waals surface area contributed by atoms with Crippen molar-refractivity contribution in [1.82, 2.24) is 19.9 Å². The molecule has 0 fully saturated rings. The summed E-state index contributed by atoms with van der Waals surface area (Å²) in [5.41, 5.74) is 5.03. The summed E-state index contributed by atoms with van der Waals surface area (Å²) in [5, 5.41) is -0.737. The predicted molar refractivity (Wildman–Crippen MR) is 134 cm³/mol. The van der Waals surface area contributed by atoms with Crippen LogP contribution in [0.4, 0.5) is 0 Å². The first-order valence-electron chi connectivity index (χ1n) is 10.4. The molecule has 0 bridgehead atoms. The smallest absolute Gasteiger partial charge is 0.149 e. The van der Waals surface area contributed by atoms with Gasteiger partial charge in [0.2, 0.25) is 0 Å². The minimum atomic E-state index is -0.737. The maximum absolute atomic E-state index is 4.68. The number of rotatable bonds is 5. The third-order valence-corrected chi connectivity index (χ3v) is 7.00. The lowest BCUT2D eigenvalue weighted by molar-refractivity contribution is 0.328. The maximum atomic E-state index is 4.68. The Morgan fingerprint density at radius 3 is 1.77 bits per heavy atom. The van der Waals surface area contributed by atoms with E-state index in [0.717, 1.165) is 6.16 Å². The lowest BCUT2D eigenvalue weighted by Gasteiger charge is -2.40. The van der Waals surface area contributed by atoms with Crippen molar-refractivity contribution < 1.29 is 0 Å². The Morgan fingerprint density at radius 2 is 1.32 bits per heavy atom. The number of allylic oxidation sites excluding steroid dienone is 4. The predicted octanol–water partition coefficient (Wildman–Crippen LogP) is 5.32. The van der Waals surface area contributed by atoms with Crippen molar-refractivity contribution >= 4 is 24.1 Å². The summed E-state index contributed by atoms with van der Waals surface area (Å²) in [6.45, 7) is 6.88. The van der Waals surface area contributed by atoms with Gasteiger partial charge in [-0.2, -0.15) is 0 Å². The highest BCUT2D eigenvalue weighted by molar-refractivity contribution is 7.19. The van der Waals surface area contributed by atoms with Crippen LogP contribution in [0.3, 0.4) is 0 Å². The highest BCUT2D eigenvalue weighted by Crippen LogP contribution is 2.57. The van der Waals surface area contributed by atoms with E-state index in [4.69, 9.17) is 0 Å². The Balaban J connectivity index is 2.00. The molecule has 31 heavy (non-hydrogen) atoms. The first-order valence-corrected chi connectivity index (χ1v) is 11.8. The summed E-state index contributed by atoms with van der Waals surface area (Å²) in [6.07, 6.45) is 10.3. The Bertz CT molecular complexity index is 1070. The molecule has 1 aromatic carbocycles. The molecule has 4 rings (SSSR count). The summed E-state index contributed by atoms with van der Waals surface area (Å²) in [5.74, 6) is 1.53. The summed E-state index contributed by atoms with van der Waals surface area (Å²) >= 11 is 0. The molecule has 0 N–H and O–H groups in total. The van der Waals surface area contributed by atoms with Crippen molar-refractivity contribution in [1.29, 1.82) is 0 Å². The molecule has 2 aromatic heterocycles. The van der Waals surface area contributed by atoms with E-state index < -0.39 is 5.16 Å². The van der Waals surface area contributed by atoms with Gasteiger partial charge in [-0.05, 0) is 46.0 Å². The van der Waals surface area contributed by atoms with E-state index in [9.17, 15) is 0 Å². The van der Waals surface area contributed by atoms with Crippen LogP contribution in [0.15, 0.2) is 84.5 Å². The molecular weight excluding hydrogens is 418 g/mol. The van der Waals surface area contributed by atoms with Gasteiger partial charge in [-0.25, -0.2) is 19.9 Å². The van der Waals surface area contributed by atoms with Crippen LogP contribution in [0.25, 0.3) is 5.57 Å². The van der Waals surface area contributed by atoms with Crippen molar-refractivity contribution in [3.05, 3.63) is 102 Å². The quantitative estimate of drug-likeness (QED) is 0.498. The zero-order chi connectivity index (χ0) is 22.1. The van der Waals surface area contributed by atoms with Crippen LogP contribution in [0.1, 0.15) is 38.0 Å². The van der Waals surface area contributed by atoms with Gasteiger partial charge < -0.3 is 0 Å². The Kier molecular flexibility index (Phi) is 6.15. The van der Waals surface area contributed by atoms with Gasteiger partial charge in [0, 0.05) is 30.7 Å². The molecule has 158 valence electrons. The molecule has 0 aliphatic heterocycles. The third-order valence-electron chi connectivity index (χ3n) is 5.73. The number of benzene rings is 1. The van der Waals surface area contributed by atoms with Crippen LogP contribution < -0.4 is 0 Å². The lowest BCUT2D eigenvalue weighted by atomic mass is 9.68. The number of hydrogen-bond donors (Lipinski definition) is 0. The largest absolute Gasteiger partial charge is 0.240 e. The fraction of sp³-hybridized carbons (Fsp3) is 0.280. The molecule has 0 saturated heterocycles. The molecule has 0 radical (unpaired) electrons. The van der Waals surface area contributed by atoms with E-state index >= 15 is 0 Å². The van der Waals surface area contributed by atoms with Crippen LogP contribution in [0.5, 0.6) is 0 Å². The van der Waals surface area contributed by atoms with E-state index in [1.54, 1.807) is 24.8 Å². The van der Waals surface area contributed by atoms with Gasteiger partial charge in [-0.3, -0.25) is 0 Å². The molecule has 0 spiro atoms. The van der Waals surface area contributed by atoms with Crippen LogP contribution >= 0.6 is 18.5 Å². The molecule has 1 aliphatic carbocycles. The second-order valence-corrected chi connectivity index (χ2v) is 10.1. The summed E-state index contributed by atoms with van der Waals surface area (Å²) in [6, 6.07) is 14.3. The standard InChI is InChI=1S/C25H28N4P2/c1-24(2,3)21-19(17-9-5-4-6-10-17)15-18(16-30)20(21)25(31,22-26-11-7-12-27-22)23-28-13-8-14-29-23/h4-15,21H,16,30-31H2,1-3H3. The van der Waals surface area contributed by atoms with Crippen LogP contribution in [0, 0.1) is 11.3 Å². The average molecular weight is 446 g/mol. The van der Waals surface area contributed by atoms with Crippen LogP contribution in [-0.4, -0.2) is 26.1 Å². The van der Waals surface area contributed by atoms with E-state index in [1.165, 1.54) is 22.3 Å². The molecule has 4 nitrogen and oxygen atoms in total. The molecule has 0 amide bonds. The SMILES string of the molecule is CC(C)(C)C1C(c2ccccc2)=CC(CP)=C1C(P)(c1ncccn1)c1ncccn1. The number of aromatic nitrogens is 4. The maximum Gasteiger partial charge on any atom is 0.149 e. The molecular formula is C25H28N4P2. The molecule has 2 heterocycles. The van der Waals surface area contributed by atoms with Crippen LogP contribution in [-0.2, 0) is 5.16 Å². The molecule has 3 atom stereocenters. The van der Waals surface area contributed by atoms with Gasteiger partial charge in [0.15, 0.2) is 0 Å². The van der Waals surface area contributed by atoms with Crippen LogP contribution in [0.2, 0.25) is 0 Å². The average Bonchev–Trinajstić information content (AvgIpc) is 3.21. The third kappa shape index (κ3) is 4.00. The van der Waals surface area contributed by atoms with Gasteiger partial charge in [-0.15, -0.1) is 18.5 Å². The van der Waals surface area contributed by atoms with E-state index in [2.05, 4.69) is 95.6 Å². The lowest BCUT2D eigenvalue weighted by Crippen LogP contribution is -2.36. The first-order chi connectivity index (χ1) is 14.9. The minimum Gasteiger partial charge on any atom is -0.240 e. The Morgan fingerprint density at radius 1 is 0.806 bits per heavy atom. The molecule has 0 saturated carbocycles.